The maximum Gasteiger partial charge on any atom is 0.319 e. The first-order chi connectivity index (χ1) is 10.5. The van der Waals surface area contributed by atoms with Gasteiger partial charge in [0.15, 0.2) is 0 Å². The summed E-state index contributed by atoms with van der Waals surface area (Å²) in [6.07, 6.45) is 0. The van der Waals surface area contributed by atoms with Crippen molar-refractivity contribution >= 4 is 17.8 Å². The van der Waals surface area contributed by atoms with Crippen LogP contribution in [0.25, 0.3) is 0 Å². The number of carbonyl (C=O) groups excluding carboxylic acids is 1. The highest BCUT2D eigenvalue weighted by molar-refractivity contribution is 7.98. The van der Waals surface area contributed by atoms with E-state index >= 15 is 0 Å². The quantitative estimate of drug-likeness (QED) is 0.830. The van der Waals surface area contributed by atoms with Crippen molar-refractivity contribution in [2.24, 2.45) is 0 Å². The summed E-state index contributed by atoms with van der Waals surface area (Å²) in [6.45, 7) is 3.57. The second-order valence-electron chi connectivity index (χ2n) is 5.38. The Morgan fingerprint density at radius 1 is 1.27 bits per heavy atom. The Balaban J connectivity index is 1.77. The number of alkyl halides is 2. The SMILES string of the molecule is CN(C)C(=O)N1CCN(Cc2ccc(CSC(F)F)o2)CC1. The molecule has 2 amide bonds. The number of furan rings is 1. The summed E-state index contributed by atoms with van der Waals surface area (Å²) in [5, 5.41) is 0. The Labute approximate surface area is 133 Å². The number of nitrogens with zero attached hydrogens (tertiary/aromatic N) is 3. The van der Waals surface area contributed by atoms with E-state index in [-0.39, 0.29) is 11.8 Å². The molecule has 1 aliphatic rings. The lowest BCUT2D eigenvalue weighted by atomic mass is 10.3. The van der Waals surface area contributed by atoms with Gasteiger partial charge in [-0.25, -0.2) is 4.79 Å². The zero-order valence-corrected chi connectivity index (χ0v) is 13.6. The smallest absolute Gasteiger partial charge is 0.319 e. The third kappa shape index (κ3) is 4.88. The second-order valence-corrected chi connectivity index (χ2v) is 6.36. The molecule has 2 heterocycles. The van der Waals surface area contributed by atoms with Crippen molar-refractivity contribution in [3.63, 3.8) is 0 Å². The Kier molecular flexibility index (Phi) is 6.07. The van der Waals surface area contributed by atoms with Crippen molar-refractivity contribution in [2.75, 3.05) is 40.3 Å². The van der Waals surface area contributed by atoms with Crippen molar-refractivity contribution in [1.82, 2.24) is 14.7 Å². The summed E-state index contributed by atoms with van der Waals surface area (Å²) in [7, 11) is 3.49. The predicted molar refractivity (Wildman–Crippen MR) is 81.9 cm³/mol. The summed E-state index contributed by atoms with van der Waals surface area (Å²) in [5.74, 6) is -0.849. The molecular weight excluding hydrogens is 312 g/mol. The zero-order valence-electron chi connectivity index (χ0n) is 12.8. The van der Waals surface area contributed by atoms with E-state index in [2.05, 4.69) is 4.90 Å². The number of amides is 2. The van der Waals surface area contributed by atoms with Gasteiger partial charge in [0.25, 0.3) is 5.76 Å². The van der Waals surface area contributed by atoms with E-state index in [9.17, 15) is 13.6 Å². The van der Waals surface area contributed by atoms with Gasteiger partial charge >= 0.3 is 6.03 Å². The highest BCUT2D eigenvalue weighted by Crippen LogP contribution is 2.22. The predicted octanol–water partition coefficient (Wildman–Crippen LogP) is 2.53. The fraction of sp³-hybridized carbons (Fsp3) is 0.643. The topological polar surface area (TPSA) is 39.9 Å². The molecule has 0 spiro atoms. The standard InChI is InChI=1S/C14H21F2N3O2S/c1-17(2)14(20)19-7-5-18(6-8-19)9-11-3-4-12(21-11)10-22-13(15)16/h3-4,13H,5-10H2,1-2H3. The highest BCUT2D eigenvalue weighted by Gasteiger charge is 2.22. The summed E-state index contributed by atoms with van der Waals surface area (Å²) >= 11 is 0.560. The Bertz CT molecular complexity index is 488. The fourth-order valence-electron chi connectivity index (χ4n) is 2.33. The highest BCUT2D eigenvalue weighted by atomic mass is 32.2. The minimum Gasteiger partial charge on any atom is -0.464 e. The molecule has 0 atom stereocenters. The van der Waals surface area contributed by atoms with E-state index in [0.717, 1.165) is 18.8 Å². The molecule has 0 bridgehead atoms. The van der Waals surface area contributed by atoms with Gasteiger partial charge in [-0.05, 0) is 12.1 Å². The Morgan fingerprint density at radius 2 is 1.91 bits per heavy atom. The van der Waals surface area contributed by atoms with E-state index in [4.69, 9.17) is 4.42 Å². The molecule has 1 aliphatic heterocycles. The molecule has 0 aliphatic carbocycles. The van der Waals surface area contributed by atoms with Gasteiger partial charge in [0.05, 0.1) is 12.3 Å². The lowest BCUT2D eigenvalue weighted by molar-refractivity contribution is 0.116. The Morgan fingerprint density at radius 3 is 2.50 bits per heavy atom. The summed E-state index contributed by atoms with van der Waals surface area (Å²) < 4.78 is 29.8. The minimum absolute atomic E-state index is 0.0314. The normalized spacial score (nSPS) is 16.3. The van der Waals surface area contributed by atoms with Gasteiger partial charge in [0, 0.05) is 40.3 Å². The van der Waals surface area contributed by atoms with E-state index in [1.54, 1.807) is 25.1 Å². The van der Waals surface area contributed by atoms with Gasteiger partial charge in [-0.2, -0.15) is 8.78 Å². The van der Waals surface area contributed by atoms with E-state index < -0.39 is 5.76 Å². The van der Waals surface area contributed by atoms with Crippen LogP contribution in [0.1, 0.15) is 11.5 Å². The lowest BCUT2D eigenvalue weighted by Gasteiger charge is -2.35. The van der Waals surface area contributed by atoms with Crippen LogP contribution in [0, 0.1) is 0 Å². The first-order valence-electron chi connectivity index (χ1n) is 7.11. The molecule has 2 rings (SSSR count). The average molecular weight is 333 g/mol. The first-order valence-corrected chi connectivity index (χ1v) is 8.16. The number of urea groups is 1. The number of hydrogen-bond acceptors (Lipinski definition) is 4. The van der Waals surface area contributed by atoms with Gasteiger partial charge in [0.1, 0.15) is 11.5 Å². The van der Waals surface area contributed by atoms with Crippen molar-refractivity contribution in [3.8, 4) is 0 Å². The van der Waals surface area contributed by atoms with Crippen LogP contribution in [0.2, 0.25) is 0 Å². The second kappa shape index (κ2) is 7.82. The molecule has 124 valence electrons. The van der Waals surface area contributed by atoms with Gasteiger partial charge in [0.2, 0.25) is 0 Å². The summed E-state index contributed by atoms with van der Waals surface area (Å²) in [4.78, 5) is 17.4. The van der Waals surface area contributed by atoms with Crippen LogP contribution in [0.5, 0.6) is 0 Å². The lowest BCUT2D eigenvalue weighted by Crippen LogP contribution is -2.51. The number of halogens is 2. The monoisotopic (exact) mass is 333 g/mol. The molecule has 0 radical (unpaired) electrons. The van der Waals surface area contributed by atoms with Gasteiger partial charge in [-0.1, -0.05) is 11.8 Å². The van der Waals surface area contributed by atoms with Crippen LogP contribution in [0.3, 0.4) is 0 Å². The molecule has 22 heavy (non-hydrogen) atoms. The van der Waals surface area contributed by atoms with Crippen molar-refractivity contribution in [2.45, 2.75) is 18.1 Å². The summed E-state index contributed by atoms with van der Waals surface area (Å²) in [6, 6.07) is 3.61. The number of thioether (sulfide) groups is 1. The molecular formula is C14H21F2N3O2S. The molecule has 0 saturated carbocycles. The average Bonchev–Trinajstić information content (AvgIpc) is 2.92. The molecule has 0 aromatic carbocycles. The first kappa shape index (κ1) is 17.1. The number of hydrogen-bond donors (Lipinski definition) is 0. The van der Waals surface area contributed by atoms with Crippen LogP contribution >= 0.6 is 11.8 Å². The van der Waals surface area contributed by atoms with Crippen LogP contribution < -0.4 is 0 Å². The fourth-order valence-corrected chi connectivity index (χ4v) is 2.78. The number of carbonyl (C=O) groups is 1. The maximum absolute atomic E-state index is 12.1. The molecule has 5 nitrogen and oxygen atoms in total. The van der Waals surface area contributed by atoms with Crippen LogP contribution in [0.4, 0.5) is 13.6 Å². The largest absolute Gasteiger partial charge is 0.464 e. The molecule has 8 heteroatoms. The summed E-state index contributed by atoms with van der Waals surface area (Å²) in [5.41, 5.74) is 0. The van der Waals surface area contributed by atoms with Crippen LogP contribution in [-0.2, 0) is 12.3 Å². The molecule has 0 unspecified atom stereocenters. The van der Waals surface area contributed by atoms with E-state index in [1.807, 2.05) is 11.0 Å². The third-order valence-electron chi connectivity index (χ3n) is 3.47. The minimum atomic E-state index is -2.38. The number of rotatable bonds is 5. The van der Waals surface area contributed by atoms with Gasteiger partial charge in [-0.3, -0.25) is 4.90 Å². The van der Waals surface area contributed by atoms with E-state index in [0.29, 0.717) is 37.2 Å². The van der Waals surface area contributed by atoms with Crippen molar-refractivity contribution in [1.29, 1.82) is 0 Å². The number of piperazine rings is 1. The van der Waals surface area contributed by atoms with Crippen LogP contribution in [-0.4, -0.2) is 66.8 Å². The third-order valence-corrected chi connectivity index (χ3v) is 4.18. The van der Waals surface area contributed by atoms with Gasteiger partial charge < -0.3 is 14.2 Å². The molecule has 0 N–H and O–H groups in total. The molecule has 1 aromatic rings. The maximum atomic E-state index is 12.1. The van der Waals surface area contributed by atoms with Crippen molar-refractivity contribution < 1.29 is 18.0 Å². The zero-order chi connectivity index (χ0) is 16.1. The molecule has 1 fully saturated rings. The molecule has 1 aromatic heterocycles. The van der Waals surface area contributed by atoms with Crippen LogP contribution in [0.15, 0.2) is 16.5 Å². The van der Waals surface area contributed by atoms with E-state index in [1.165, 1.54) is 0 Å². The molecule has 1 saturated heterocycles. The van der Waals surface area contributed by atoms with Crippen molar-refractivity contribution in [3.05, 3.63) is 23.7 Å². The van der Waals surface area contributed by atoms with Gasteiger partial charge in [-0.15, -0.1) is 0 Å². The Hall–Kier alpha value is -1.28.